The number of hydrogen-bond acceptors (Lipinski definition) is 0. The van der Waals surface area contributed by atoms with Crippen molar-refractivity contribution in [2.45, 2.75) is 13.3 Å². The van der Waals surface area contributed by atoms with Crippen LogP contribution in [-0.2, 0) is 6.42 Å². The number of rotatable bonds is 3. The minimum absolute atomic E-state index is 1.03. The molecule has 0 heterocycles. The highest BCUT2D eigenvalue weighted by atomic mass is 14.1. The van der Waals surface area contributed by atoms with E-state index in [1.807, 2.05) is 0 Å². The number of hydrogen-bond donors (Lipinski definition) is 0. The molecular formula is C32H24. The van der Waals surface area contributed by atoms with Crippen LogP contribution in [0.5, 0.6) is 0 Å². The molecule has 152 valence electrons. The topological polar surface area (TPSA) is 0 Å². The Morgan fingerprint density at radius 1 is 0.438 bits per heavy atom. The largest absolute Gasteiger partial charge is 0.0616 e. The summed E-state index contributed by atoms with van der Waals surface area (Å²) < 4.78 is 0. The fraction of sp³-hybridized carbons (Fsp3) is 0.0625. The highest BCUT2D eigenvalue weighted by molar-refractivity contribution is 6.02. The summed E-state index contributed by atoms with van der Waals surface area (Å²) in [6, 6.07) is 42.3. The van der Waals surface area contributed by atoms with E-state index in [4.69, 9.17) is 0 Å². The van der Waals surface area contributed by atoms with Crippen LogP contribution in [0.1, 0.15) is 12.5 Å². The minimum Gasteiger partial charge on any atom is -0.0616 e. The molecular weight excluding hydrogens is 384 g/mol. The molecule has 0 saturated carbocycles. The summed E-state index contributed by atoms with van der Waals surface area (Å²) in [4.78, 5) is 0. The van der Waals surface area contributed by atoms with Crippen LogP contribution in [0.25, 0.3) is 54.6 Å². The lowest BCUT2D eigenvalue weighted by atomic mass is 9.90. The number of aryl methyl sites for hydroxylation is 1. The Hall–Kier alpha value is -3.90. The molecule has 0 fully saturated rings. The van der Waals surface area contributed by atoms with Crippen molar-refractivity contribution in [1.82, 2.24) is 0 Å². The molecule has 0 radical (unpaired) electrons. The molecule has 0 aromatic heterocycles. The molecule has 0 N–H and O–H groups in total. The van der Waals surface area contributed by atoms with Crippen LogP contribution in [0.15, 0.2) is 115 Å². The molecule has 0 aliphatic carbocycles. The average Bonchev–Trinajstić information content (AvgIpc) is 2.87. The summed E-state index contributed by atoms with van der Waals surface area (Å²) in [5.74, 6) is 0. The molecule has 0 nitrogen and oxygen atoms in total. The van der Waals surface area contributed by atoms with Crippen LogP contribution < -0.4 is 0 Å². The van der Waals surface area contributed by atoms with Gasteiger partial charge in [-0.25, -0.2) is 0 Å². The maximum atomic E-state index is 2.38. The molecule has 0 aliphatic rings. The summed E-state index contributed by atoms with van der Waals surface area (Å²) in [6.45, 7) is 2.24. The predicted molar refractivity (Wildman–Crippen MR) is 139 cm³/mol. The van der Waals surface area contributed by atoms with Gasteiger partial charge in [0.2, 0.25) is 0 Å². The molecule has 0 aliphatic heterocycles. The van der Waals surface area contributed by atoms with Crippen LogP contribution in [0.3, 0.4) is 0 Å². The van der Waals surface area contributed by atoms with Gasteiger partial charge in [-0.1, -0.05) is 104 Å². The highest BCUT2D eigenvalue weighted by Crippen LogP contribution is 2.36. The average molecular weight is 409 g/mol. The monoisotopic (exact) mass is 408 g/mol. The summed E-state index contributed by atoms with van der Waals surface area (Å²) in [5, 5.41) is 7.79. The molecule has 0 bridgehead atoms. The lowest BCUT2D eigenvalue weighted by Crippen LogP contribution is -1.89. The predicted octanol–water partition coefficient (Wildman–Crippen LogP) is 9.04. The third-order valence-electron chi connectivity index (χ3n) is 6.63. The van der Waals surface area contributed by atoms with E-state index in [2.05, 4.69) is 122 Å². The third kappa shape index (κ3) is 3.16. The normalized spacial score (nSPS) is 11.4. The third-order valence-corrected chi connectivity index (χ3v) is 6.63. The van der Waals surface area contributed by atoms with Gasteiger partial charge in [0, 0.05) is 0 Å². The molecule has 0 unspecified atom stereocenters. The molecule has 0 spiro atoms. The maximum absolute atomic E-state index is 2.38. The Balaban J connectivity index is 1.58. The van der Waals surface area contributed by atoms with Crippen molar-refractivity contribution in [3.63, 3.8) is 0 Å². The van der Waals surface area contributed by atoms with Crippen molar-refractivity contribution < 1.29 is 0 Å². The van der Waals surface area contributed by atoms with Crippen LogP contribution in [-0.4, -0.2) is 0 Å². The lowest BCUT2D eigenvalue weighted by molar-refractivity contribution is 1.16. The van der Waals surface area contributed by atoms with E-state index < -0.39 is 0 Å². The van der Waals surface area contributed by atoms with Gasteiger partial charge in [0.05, 0.1) is 0 Å². The summed E-state index contributed by atoms with van der Waals surface area (Å²) in [7, 11) is 0. The first-order valence-corrected chi connectivity index (χ1v) is 11.3. The Labute approximate surface area is 188 Å². The molecule has 0 heteroatoms. The summed E-state index contributed by atoms with van der Waals surface area (Å²) >= 11 is 0. The maximum Gasteiger partial charge on any atom is -0.00965 e. The van der Waals surface area contributed by atoms with E-state index in [-0.39, 0.29) is 0 Å². The molecule has 6 aromatic rings. The Morgan fingerprint density at radius 3 is 1.69 bits per heavy atom. The van der Waals surface area contributed by atoms with Gasteiger partial charge in [-0.05, 0) is 84.8 Å². The van der Waals surface area contributed by atoms with Gasteiger partial charge in [-0.2, -0.15) is 0 Å². The molecule has 6 rings (SSSR count). The van der Waals surface area contributed by atoms with Gasteiger partial charge in [0.25, 0.3) is 0 Å². The fourth-order valence-electron chi connectivity index (χ4n) is 4.88. The molecule has 32 heavy (non-hydrogen) atoms. The van der Waals surface area contributed by atoms with Crippen molar-refractivity contribution in [2.24, 2.45) is 0 Å². The first kappa shape index (κ1) is 18.8. The Kier molecular flexibility index (Phi) is 4.51. The van der Waals surface area contributed by atoms with Crippen molar-refractivity contribution in [2.75, 3.05) is 0 Å². The first-order chi connectivity index (χ1) is 15.8. The van der Waals surface area contributed by atoms with Gasteiger partial charge < -0.3 is 0 Å². The second kappa shape index (κ2) is 7.66. The summed E-state index contributed by atoms with van der Waals surface area (Å²) in [5.41, 5.74) is 6.49. The summed E-state index contributed by atoms with van der Waals surface area (Å²) in [6.07, 6.45) is 1.03. The van der Waals surface area contributed by atoms with Crippen molar-refractivity contribution in [3.8, 4) is 22.3 Å². The number of benzene rings is 6. The standard InChI is InChI=1S/C32H24/c1-2-22-15-17-31(29-14-12-24-8-4-6-10-26(24)20-29)32-21-28(16-18-30(22)32)27-13-11-23-7-3-5-9-25(23)19-27/h3-21H,2H2,1H3. The Bertz CT molecular complexity index is 1600. The van der Waals surface area contributed by atoms with E-state index in [0.717, 1.165) is 6.42 Å². The molecule has 0 saturated heterocycles. The smallest absolute Gasteiger partial charge is 0.00965 e. The van der Waals surface area contributed by atoms with Gasteiger partial charge in [0.15, 0.2) is 0 Å². The van der Waals surface area contributed by atoms with E-state index in [9.17, 15) is 0 Å². The van der Waals surface area contributed by atoms with E-state index in [0.29, 0.717) is 0 Å². The van der Waals surface area contributed by atoms with Crippen LogP contribution in [0.2, 0.25) is 0 Å². The van der Waals surface area contributed by atoms with E-state index in [1.54, 1.807) is 0 Å². The van der Waals surface area contributed by atoms with Gasteiger partial charge in [-0.15, -0.1) is 0 Å². The molecule has 0 amide bonds. The van der Waals surface area contributed by atoms with Crippen LogP contribution in [0.4, 0.5) is 0 Å². The van der Waals surface area contributed by atoms with E-state index in [1.165, 1.54) is 60.1 Å². The lowest BCUT2D eigenvalue weighted by Gasteiger charge is -2.14. The van der Waals surface area contributed by atoms with Crippen molar-refractivity contribution in [3.05, 3.63) is 121 Å². The quantitative estimate of drug-likeness (QED) is 0.274. The zero-order chi connectivity index (χ0) is 21.5. The minimum atomic E-state index is 1.03. The second-order valence-corrected chi connectivity index (χ2v) is 8.51. The van der Waals surface area contributed by atoms with Gasteiger partial charge in [-0.3, -0.25) is 0 Å². The second-order valence-electron chi connectivity index (χ2n) is 8.51. The van der Waals surface area contributed by atoms with Crippen LogP contribution >= 0.6 is 0 Å². The van der Waals surface area contributed by atoms with Crippen LogP contribution in [0, 0.1) is 0 Å². The molecule has 0 atom stereocenters. The zero-order valence-electron chi connectivity index (χ0n) is 18.2. The highest BCUT2D eigenvalue weighted by Gasteiger charge is 2.10. The first-order valence-electron chi connectivity index (χ1n) is 11.3. The fourth-order valence-corrected chi connectivity index (χ4v) is 4.88. The van der Waals surface area contributed by atoms with E-state index >= 15 is 0 Å². The zero-order valence-corrected chi connectivity index (χ0v) is 18.2. The van der Waals surface area contributed by atoms with Crippen molar-refractivity contribution >= 4 is 32.3 Å². The number of fused-ring (bicyclic) bond motifs is 3. The SMILES string of the molecule is CCc1ccc(-c2ccc3ccccc3c2)c2cc(-c3ccc4ccccc4c3)ccc12. The Morgan fingerprint density at radius 2 is 1.00 bits per heavy atom. The van der Waals surface area contributed by atoms with Gasteiger partial charge in [0.1, 0.15) is 0 Å². The van der Waals surface area contributed by atoms with Gasteiger partial charge >= 0.3 is 0 Å². The van der Waals surface area contributed by atoms with Crippen molar-refractivity contribution in [1.29, 1.82) is 0 Å². The molecule has 6 aromatic carbocycles.